The summed E-state index contributed by atoms with van der Waals surface area (Å²) >= 11 is 0. The van der Waals surface area contributed by atoms with E-state index in [0.29, 0.717) is 12.4 Å². The van der Waals surface area contributed by atoms with Crippen LogP contribution in [0.15, 0.2) is 48.9 Å². The number of urea groups is 1. The highest BCUT2D eigenvalue weighted by Gasteiger charge is 2.23. The van der Waals surface area contributed by atoms with Crippen molar-refractivity contribution in [1.82, 2.24) is 30.5 Å². The molecule has 2 amide bonds. The molecular weight excluding hydrogens is 342 g/mol. The summed E-state index contributed by atoms with van der Waals surface area (Å²) in [5, 5.41) is 14.3. The number of hydrogen-bond donors (Lipinski definition) is 1. The standard InChI is InChI=1S/C19H21N7O/c1-25(18-11-14(9-10-20-18)12-26-13-21-23-24-26)19(27)22-17-8-4-6-15-5-2-3-7-16(15)17/h2-3,5,7,9-11,13,17H,4,6,8,12H2,1H3,(H,22,27). The molecule has 1 aromatic carbocycles. The van der Waals surface area contributed by atoms with Gasteiger partial charge in [0.25, 0.3) is 0 Å². The predicted molar refractivity (Wildman–Crippen MR) is 100 cm³/mol. The summed E-state index contributed by atoms with van der Waals surface area (Å²) < 4.78 is 1.62. The van der Waals surface area contributed by atoms with Crippen molar-refractivity contribution in [2.45, 2.75) is 31.8 Å². The quantitative estimate of drug-likeness (QED) is 0.768. The predicted octanol–water partition coefficient (Wildman–Crippen LogP) is 2.34. The minimum atomic E-state index is -0.163. The Morgan fingerprint density at radius 2 is 2.22 bits per heavy atom. The average Bonchev–Trinajstić information content (AvgIpc) is 3.21. The van der Waals surface area contributed by atoms with Gasteiger partial charge in [0.2, 0.25) is 0 Å². The number of aryl methyl sites for hydroxylation is 1. The van der Waals surface area contributed by atoms with E-state index in [4.69, 9.17) is 0 Å². The fraction of sp³-hybridized carbons (Fsp3) is 0.316. The van der Waals surface area contributed by atoms with Crippen molar-refractivity contribution in [3.05, 3.63) is 65.6 Å². The van der Waals surface area contributed by atoms with Gasteiger partial charge in [-0.1, -0.05) is 24.3 Å². The fourth-order valence-electron chi connectivity index (χ4n) is 3.44. The average molecular weight is 363 g/mol. The van der Waals surface area contributed by atoms with Crippen LogP contribution in [0.1, 0.15) is 35.6 Å². The number of pyridine rings is 1. The van der Waals surface area contributed by atoms with Gasteiger partial charge < -0.3 is 5.32 Å². The number of amides is 2. The third-order valence-electron chi connectivity index (χ3n) is 4.86. The van der Waals surface area contributed by atoms with Gasteiger partial charge in [0.15, 0.2) is 0 Å². The van der Waals surface area contributed by atoms with Crippen molar-refractivity contribution in [3.8, 4) is 0 Å². The molecule has 138 valence electrons. The van der Waals surface area contributed by atoms with Gasteiger partial charge in [-0.15, -0.1) is 5.10 Å². The van der Waals surface area contributed by atoms with E-state index < -0.39 is 0 Å². The van der Waals surface area contributed by atoms with E-state index >= 15 is 0 Å². The second-order valence-electron chi connectivity index (χ2n) is 6.68. The van der Waals surface area contributed by atoms with Crippen molar-refractivity contribution in [3.63, 3.8) is 0 Å². The molecule has 4 rings (SSSR count). The number of rotatable bonds is 4. The van der Waals surface area contributed by atoms with Crippen molar-refractivity contribution in [2.24, 2.45) is 0 Å². The molecule has 1 N–H and O–H groups in total. The molecular formula is C19H21N7O. The molecule has 0 fully saturated rings. The van der Waals surface area contributed by atoms with Crippen LogP contribution in [0.5, 0.6) is 0 Å². The fourth-order valence-corrected chi connectivity index (χ4v) is 3.44. The van der Waals surface area contributed by atoms with Gasteiger partial charge in [-0.25, -0.2) is 14.5 Å². The van der Waals surface area contributed by atoms with Crippen LogP contribution in [0.2, 0.25) is 0 Å². The summed E-state index contributed by atoms with van der Waals surface area (Å²) in [6.45, 7) is 0.522. The number of aromatic nitrogens is 5. The molecule has 0 bridgehead atoms. The normalized spacial score (nSPS) is 15.8. The van der Waals surface area contributed by atoms with Gasteiger partial charge in [-0.2, -0.15) is 0 Å². The Morgan fingerprint density at radius 1 is 1.33 bits per heavy atom. The third-order valence-corrected chi connectivity index (χ3v) is 4.86. The molecule has 3 aromatic rings. The molecule has 2 heterocycles. The molecule has 1 aliphatic carbocycles. The molecule has 0 saturated heterocycles. The SMILES string of the molecule is CN(C(=O)NC1CCCc2ccccc21)c1cc(Cn2cnnn2)ccn1. The first-order chi connectivity index (χ1) is 13.2. The van der Waals surface area contributed by atoms with E-state index in [-0.39, 0.29) is 12.1 Å². The van der Waals surface area contributed by atoms with Gasteiger partial charge in [-0.3, -0.25) is 4.90 Å². The maximum Gasteiger partial charge on any atom is 0.323 e. The molecule has 2 aromatic heterocycles. The monoisotopic (exact) mass is 363 g/mol. The van der Waals surface area contributed by atoms with Crippen LogP contribution in [-0.4, -0.2) is 38.3 Å². The second kappa shape index (κ2) is 7.53. The number of fused-ring (bicyclic) bond motifs is 1. The molecule has 8 nitrogen and oxygen atoms in total. The Bertz CT molecular complexity index is 925. The first-order valence-corrected chi connectivity index (χ1v) is 8.98. The number of tetrazole rings is 1. The van der Waals surface area contributed by atoms with Gasteiger partial charge in [-0.05, 0) is 58.5 Å². The van der Waals surface area contributed by atoms with Gasteiger partial charge in [0.05, 0.1) is 12.6 Å². The summed E-state index contributed by atoms with van der Waals surface area (Å²) in [4.78, 5) is 18.7. The topological polar surface area (TPSA) is 88.8 Å². The van der Waals surface area contributed by atoms with Crippen LogP contribution in [-0.2, 0) is 13.0 Å². The van der Waals surface area contributed by atoms with E-state index in [9.17, 15) is 4.79 Å². The second-order valence-corrected chi connectivity index (χ2v) is 6.68. The molecule has 27 heavy (non-hydrogen) atoms. The lowest BCUT2D eigenvalue weighted by atomic mass is 9.88. The minimum absolute atomic E-state index is 0.0364. The number of hydrogen-bond acceptors (Lipinski definition) is 5. The molecule has 1 unspecified atom stereocenters. The number of carbonyl (C=O) groups is 1. The number of carbonyl (C=O) groups excluding carboxylic acids is 1. The Morgan fingerprint density at radius 3 is 3.07 bits per heavy atom. The maximum atomic E-state index is 12.8. The van der Waals surface area contributed by atoms with Crippen molar-refractivity contribution in [2.75, 3.05) is 11.9 Å². The largest absolute Gasteiger partial charge is 0.331 e. The van der Waals surface area contributed by atoms with Crippen LogP contribution >= 0.6 is 0 Å². The van der Waals surface area contributed by atoms with Gasteiger partial charge in [0, 0.05) is 13.2 Å². The molecule has 0 spiro atoms. The zero-order valence-corrected chi connectivity index (χ0v) is 15.1. The molecule has 1 aliphatic rings. The Labute approximate surface area is 157 Å². The summed E-state index contributed by atoms with van der Waals surface area (Å²) in [5.41, 5.74) is 3.50. The highest BCUT2D eigenvalue weighted by Crippen LogP contribution is 2.29. The lowest BCUT2D eigenvalue weighted by Gasteiger charge is -2.28. The summed E-state index contributed by atoms with van der Waals surface area (Å²) in [6.07, 6.45) is 6.33. The van der Waals surface area contributed by atoms with Crippen LogP contribution in [0, 0.1) is 0 Å². The Balaban J connectivity index is 1.47. The molecule has 8 heteroatoms. The van der Waals surface area contributed by atoms with E-state index in [1.807, 2.05) is 18.2 Å². The number of benzene rings is 1. The third kappa shape index (κ3) is 3.79. The lowest BCUT2D eigenvalue weighted by molar-refractivity contribution is 0.242. The summed E-state index contributed by atoms with van der Waals surface area (Å²) in [6, 6.07) is 11.9. The number of nitrogens with one attached hydrogen (secondary N) is 1. The van der Waals surface area contributed by atoms with E-state index in [1.54, 1.807) is 29.2 Å². The maximum absolute atomic E-state index is 12.8. The van der Waals surface area contributed by atoms with E-state index in [1.165, 1.54) is 11.1 Å². The molecule has 1 atom stereocenters. The smallest absolute Gasteiger partial charge is 0.323 e. The van der Waals surface area contributed by atoms with Gasteiger partial charge in [0.1, 0.15) is 12.1 Å². The van der Waals surface area contributed by atoms with Crippen molar-refractivity contribution < 1.29 is 4.79 Å². The number of nitrogens with zero attached hydrogens (tertiary/aromatic N) is 6. The highest BCUT2D eigenvalue weighted by atomic mass is 16.2. The van der Waals surface area contributed by atoms with Crippen molar-refractivity contribution >= 4 is 11.8 Å². The van der Waals surface area contributed by atoms with Crippen LogP contribution < -0.4 is 10.2 Å². The zero-order chi connectivity index (χ0) is 18.6. The summed E-state index contributed by atoms with van der Waals surface area (Å²) in [7, 11) is 1.73. The van der Waals surface area contributed by atoms with Gasteiger partial charge >= 0.3 is 6.03 Å². The first-order valence-electron chi connectivity index (χ1n) is 8.98. The van der Waals surface area contributed by atoms with E-state index in [0.717, 1.165) is 24.8 Å². The number of anilines is 1. The summed E-state index contributed by atoms with van der Waals surface area (Å²) in [5.74, 6) is 0.585. The Hall–Kier alpha value is -3.29. The minimum Gasteiger partial charge on any atom is -0.331 e. The van der Waals surface area contributed by atoms with Crippen LogP contribution in [0.4, 0.5) is 10.6 Å². The molecule has 0 saturated carbocycles. The molecule has 0 aliphatic heterocycles. The van der Waals surface area contributed by atoms with Crippen molar-refractivity contribution in [1.29, 1.82) is 0 Å². The van der Waals surface area contributed by atoms with Crippen LogP contribution in [0.3, 0.4) is 0 Å². The Kier molecular flexibility index (Phi) is 4.78. The lowest BCUT2D eigenvalue weighted by Crippen LogP contribution is -2.40. The van der Waals surface area contributed by atoms with Crippen LogP contribution in [0.25, 0.3) is 0 Å². The van der Waals surface area contributed by atoms with E-state index in [2.05, 4.69) is 44.0 Å². The first kappa shape index (κ1) is 17.1. The highest BCUT2D eigenvalue weighted by molar-refractivity contribution is 5.90. The molecule has 0 radical (unpaired) electrons. The zero-order valence-electron chi connectivity index (χ0n) is 15.1.